The van der Waals surface area contributed by atoms with Crippen molar-refractivity contribution in [2.24, 2.45) is 0 Å². The number of amides is 2. The van der Waals surface area contributed by atoms with Gasteiger partial charge in [-0.05, 0) is 54.6 Å². The van der Waals surface area contributed by atoms with Crippen LogP contribution in [0, 0.1) is 0 Å². The zero-order valence-corrected chi connectivity index (χ0v) is 40.1. The highest BCUT2D eigenvalue weighted by Crippen LogP contribution is 2.41. The van der Waals surface area contributed by atoms with Crippen molar-refractivity contribution in [2.75, 3.05) is 28.4 Å². The molecule has 8 aromatic carbocycles. The molecule has 370 valence electrons. The number of nitrogens with one attached hydrogen (secondary N) is 4. The van der Waals surface area contributed by atoms with Crippen molar-refractivity contribution in [2.45, 2.75) is 0 Å². The van der Waals surface area contributed by atoms with Gasteiger partial charge in [-0.2, -0.15) is 15.0 Å². The molecule has 12 rings (SSSR count). The van der Waals surface area contributed by atoms with Crippen molar-refractivity contribution in [1.82, 2.24) is 15.0 Å². The Labute approximate surface area is 436 Å². The second-order valence-corrected chi connectivity index (χ2v) is 17.7. The van der Waals surface area contributed by atoms with Crippen LogP contribution in [0.15, 0.2) is 170 Å². The molecule has 0 aliphatic heterocycles. The van der Waals surface area contributed by atoms with Gasteiger partial charge < -0.3 is 30.7 Å². The third kappa shape index (κ3) is 8.03. The number of hydrogen-bond donors (Lipinski definition) is 4. The molecule has 0 unspecified atom stereocenters. The van der Waals surface area contributed by atoms with Gasteiger partial charge in [0, 0.05) is 44.5 Å². The third-order valence-corrected chi connectivity index (χ3v) is 13.3. The van der Waals surface area contributed by atoms with Crippen LogP contribution in [0.1, 0.15) is 116 Å². The number of ether oxygens (including phenoxy) is 2. The van der Waals surface area contributed by atoms with Crippen LogP contribution >= 0.6 is 0 Å². The number of rotatable bonds is 11. The van der Waals surface area contributed by atoms with Crippen molar-refractivity contribution in [3.63, 3.8) is 0 Å². The van der Waals surface area contributed by atoms with E-state index in [0.29, 0.717) is 5.56 Å². The summed E-state index contributed by atoms with van der Waals surface area (Å²) in [5.74, 6) is -4.49. The van der Waals surface area contributed by atoms with E-state index < -0.39 is 46.7 Å². The van der Waals surface area contributed by atoms with Crippen molar-refractivity contribution >= 4 is 81.2 Å². The Morgan fingerprint density at radius 2 is 0.792 bits per heavy atom. The lowest BCUT2D eigenvalue weighted by Gasteiger charge is -2.23. The monoisotopic (exact) mass is 1010 g/mol. The predicted molar refractivity (Wildman–Crippen MR) is 281 cm³/mol. The Kier molecular flexibility index (Phi) is 11.4. The molecule has 77 heavy (non-hydrogen) atoms. The van der Waals surface area contributed by atoms with Crippen LogP contribution in [-0.4, -0.2) is 68.6 Å². The molecule has 0 spiro atoms. The highest BCUT2D eigenvalue weighted by molar-refractivity contribution is 6.34. The fourth-order valence-corrected chi connectivity index (χ4v) is 9.74. The van der Waals surface area contributed by atoms with E-state index in [4.69, 9.17) is 9.47 Å². The molecular formula is C60H35N7O10. The number of benzene rings is 8. The molecule has 0 radical (unpaired) electrons. The van der Waals surface area contributed by atoms with Gasteiger partial charge in [0.05, 0.1) is 63.2 Å². The van der Waals surface area contributed by atoms with Crippen LogP contribution in [-0.2, 0) is 0 Å². The zero-order chi connectivity index (χ0) is 53.1. The summed E-state index contributed by atoms with van der Waals surface area (Å²) in [4.78, 5) is 126. The largest absolute Gasteiger partial charge is 0.496 e. The summed E-state index contributed by atoms with van der Waals surface area (Å²) in [6.07, 6.45) is 0. The topological polar surface area (TPSA) is 242 Å². The Hall–Kier alpha value is -11.1. The number of aromatic nitrogens is 3. The predicted octanol–water partition coefficient (Wildman–Crippen LogP) is 9.99. The molecule has 1 aromatic heterocycles. The van der Waals surface area contributed by atoms with E-state index in [2.05, 4.69) is 36.2 Å². The molecule has 2 amide bonds. The van der Waals surface area contributed by atoms with Gasteiger partial charge in [-0.3, -0.25) is 38.4 Å². The highest BCUT2D eigenvalue weighted by atomic mass is 16.5. The van der Waals surface area contributed by atoms with E-state index >= 15 is 0 Å². The smallest absolute Gasteiger partial charge is 0.328 e. The first kappa shape index (κ1) is 47.0. The molecule has 1 heterocycles. The molecule has 0 fully saturated rings. The normalized spacial score (nSPS) is 12.7. The number of methoxy groups -OCH3 is 1. The van der Waals surface area contributed by atoms with Gasteiger partial charge in [-0.25, -0.2) is 0 Å². The zero-order valence-electron chi connectivity index (χ0n) is 40.1. The number of carbonyl (C=O) groups excluding carboxylic acids is 8. The Balaban J connectivity index is 0.919. The first-order valence-electron chi connectivity index (χ1n) is 23.8. The Morgan fingerprint density at radius 1 is 0.364 bits per heavy atom. The SMILES string of the molecule is COc1ccc(Nc2nc(Nc3cccc4c3C(=O)c3cccc(NC(=O)c5ccccc5)c3C4=O)nc(Oc3ccccc3C(=O)Nc3cccc4c3C(=O)c3ccccc3C4=O)n2)c2c1C(=O)c1ccccc1C2=O. The molecule has 4 N–H and O–H groups in total. The fraction of sp³-hybridized carbons (Fsp3) is 0.0167. The Bertz CT molecular complexity index is 4140. The summed E-state index contributed by atoms with van der Waals surface area (Å²) in [7, 11) is 1.38. The maximum Gasteiger partial charge on any atom is 0.328 e. The lowest BCUT2D eigenvalue weighted by Crippen LogP contribution is -2.25. The van der Waals surface area contributed by atoms with Crippen LogP contribution in [0.2, 0.25) is 0 Å². The molecule has 0 atom stereocenters. The molecule has 0 bridgehead atoms. The van der Waals surface area contributed by atoms with Crippen molar-refractivity contribution < 1.29 is 47.8 Å². The van der Waals surface area contributed by atoms with Crippen molar-refractivity contribution in [1.29, 1.82) is 0 Å². The van der Waals surface area contributed by atoms with E-state index in [0.717, 1.165) is 0 Å². The maximum atomic E-state index is 14.6. The fourth-order valence-electron chi connectivity index (χ4n) is 9.74. The molecule has 9 aromatic rings. The molecule has 17 nitrogen and oxygen atoms in total. The van der Waals surface area contributed by atoms with Crippen LogP contribution in [0.4, 0.5) is 34.6 Å². The van der Waals surface area contributed by atoms with Gasteiger partial charge in [0.2, 0.25) is 11.9 Å². The van der Waals surface area contributed by atoms with Gasteiger partial charge in [0.15, 0.2) is 34.7 Å². The molecule has 3 aliphatic carbocycles. The summed E-state index contributed by atoms with van der Waals surface area (Å²) < 4.78 is 11.9. The lowest BCUT2D eigenvalue weighted by atomic mass is 9.82. The van der Waals surface area contributed by atoms with E-state index in [1.54, 1.807) is 115 Å². The average Bonchev–Trinajstić information content (AvgIpc) is 3.47. The summed E-state index contributed by atoms with van der Waals surface area (Å²) in [6.45, 7) is 0. The second kappa shape index (κ2) is 18.8. The third-order valence-electron chi connectivity index (χ3n) is 13.3. The standard InChI is InChI=1S/C60H35N7O10/c1-76-44-29-28-42(48-49(44)53(71)34-19-8-7-18-33(34)52(48)70)64-59-65-58(63-41-26-13-23-38-47(41)55(73)37-22-12-24-39(46(37)54(38)72)61-56(74)30-14-3-2-4-15-30)66-60(67-59)77-43-27-10-9-20-35(43)57(75)62-40-25-11-21-36-45(40)51(69)32-17-6-5-16-31(32)50(36)68/h2-29H,1H3,(H,61,74)(H,62,75)(H2,63,64,65,66,67). The van der Waals surface area contributed by atoms with E-state index in [1.807, 2.05) is 0 Å². The second-order valence-electron chi connectivity index (χ2n) is 17.7. The number of fused-ring (bicyclic) bond motifs is 6. The lowest BCUT2D eigenvalue weighted by molar-refractivity contribution is 0.0977. The van der Waals surface area contributed by atoms with Gasteiger partial charge in [-0.15, -0.1) is 0 Å². The summed E-state index contributed by atoms with van der Waals surface area (Å²) in [5.41, 5.74) is 1.67. The minimum atomic E-state index is -0.727. The first-order valence-corrected chi connectivity index (χ1v) is 23.8. The number of hydrogen-bond acceptors (Lipinski definition) is 15. The van der Waals surface area contributed by atoms with Gasteiger partial charge in [0.25, 0.3) is 11.8 Å². The molecule has 17 heteroatoms. The number of nitrogens with zero attached hydrogens (tertiary/aromatic N) is 3. The van der Waals surface area contributed by atoms with E-state index in [9.17, 15) is 38.4 Å². The number of para-hydroxylation sites is 1. The summed E-state index contributed by atoms with van der Waals surface area (Å²) >= 11 is 0. The van der Waals surface area contributed by atoms with E-state index in [-0.39, 0.29) is 124 Å². The number of carbonyl (C=O) groups is 8. The van der Waals surface area contributed by atoms with Crippen molar-refractivity contribution in [3.05, 3.63) is 248 Å². The average molecular weight is 1010 g/mol. The number of anilines is 6. The van der Waals surface area contributed by atoms with Crippen LogP contribution in [0.5, 0.6) is 17.5 Å². The van der Waals surface area contributed by atoms with Crippen LogP contribution in [0.25, 0.3) is 0 Å². The minimum absolute atomic E-state index is 0.00198. The summed E-state index contributed by atoms with van der Waals surface area (Å²) in [5, 5.41) is 11.7. The maximum absolute atomic E-state index is 14.6. The molecule has 3 aliphatic rings. The number of ketones is 6. The van der Waals surface area contributed by atoms with Gasteiger partial charge in [-0.1, -0.05) is 115 Å². The van der Waals surface area contributed by atoms with Gasteiger partial charge >= 0.3 is 6.01 Å². The Morgan fingerprint density at radius 3 is 1.38 bits per heavy atom. The highest BCUT2D eigenvalue weighted by Gasteiger charge is 2.37. The van der Waals surface area contributed by atoms with Crippen LogP contribution in [0.3, 0.4) is 0 Å². The van der Waals surface area contributed by atoms with Crippen molar-refractivity contribution in [3.8, 4) is 17.5 Å². The van der Waals surface area contributed by atoms with Gasteiger partial charge in [0.1, 0.15) is 11.5 Å². The molecule has 0 saturated carbocycles. The first-order chi connectivity index (χ1) is 37.5. The quantitative estimate of drug-likeness (QED) is 0.0942. The summed E-state index contributed by atoms with van der Waals surface area (Å²) in [6, 6.07) is 43.7. The molecule has 0 saturated heterocycles. The molecular weight excluding hydrogens is 979 g/mol. The van der Waals surface area contributed by atoms with E-state index in [1.165, 1.54) is 61.7 Å². The van der Waals surface area contributed by atoms with Crippen LogP contribution < -0.4 is 30.7 Å². The minimum Gasteiger partial charge on any atom is -0.496 e.